The molecule has 0 aromatic heterocycles. The molecule has 0 aliphatic heterocycles. The van der Waals surface area contributed by atoms with E-state index in [2.05, 4.69) is 0 Å². The quantitative estimate of drug-likeness (QED) is 0.800. The van der Waals surface area contributed by atoms with Crippen LogP contribution in [0.25, 0.3) is 0 Å². The van der Waals surface area contributed by atoms with E-state index < -0.39 is 5.60 Å². The molecule has 0 amide bonds. The predicted molar refractivity (Wildman–Crippen MR) is 60.8 cm³/mol. The van der Waals surface area contributed by atoms with Gasteiger partial charge in [0.15, 0.2) is 0 Å². The maximum atomic E-state index is 13.6. The van der Waals surface area contributed by atoms with Crippen LogP contribution in [0.5, 0.6) is 0 Å². The summed E-state index contributed by atoms with van der Waals surface area (Å²) in [5.74, 6) is -0.189. The summed E-state index contributed by atoms with van der Waals surface area (Å²) in [4.78, 5) is 1.09. The van der Waals surface area contributed by atoms with E-state index in [9.17, 15) is 9.50 Å². The van der Waals surface area contributed by atoms with E-state index in [1.807, 2.05) is 19.2 Å². The first kappa shape index (κ1) is 11.0. The molecule has 0 spiro atoms. The summed E-state index contributed by atoms with van der Waals surface area (Å²) in [6.45, 7) is 1.91. The fourth-order valence-electron chi connectivity index (χ4n) is 1.73. The molecule has 0 atom stereocenters. The predicted octanol–water partition coefficient (Wildman–Crippen LogP) is 2.92. The van der Waals surface area contributed by atoms with Crippen LogP contribution in [0.4, 0.5) is 4.39 Å². The fraction of sp³-hybridized carbons (Fsp3) is 0.500. The Labute approximate surface area is 93.7 Å². The van der Waals surface area contributed by atoms with Gasteiger partial charge in [0, 0.05) is 11.3 Å². The molecule has 0 saturated heterocycles. The third-order valence-electron chi connectivity index (χ3n) is 2.91. The van der Waals surface area contributed by atoms with Crippen molar-refractivity contribution in [3.8, 4) is 0 Å². The van der Waals surface area contributed by atoms with Gasteiger partial charge in [-0.3, -0.25) is 0 Å². The van der Waals surface area contributed by atoms with Crippen LogP contribution in [-0.4, -0.2) is 17.0 Å². The fourth-order valence-corrected chi connectivity index (χ4v) is 2.37. The Kier molecular flexibility index (Phi) is 2.77. The molecular weight excluding hydrogens is 211 g/mol. The zero-order valence-electron chi connectivity index (χ0n) is 9.01. The summed E-state index contributed by atoms with van der Waals surface area (Å²) in [7, 11) is 0. The maximum absolute atomic E-state index is 13.6. The summed E-state index contributed by atoms with van der Waals surface area (Å²) >= 11 is 1.62. The molecule has 1 nitrogen and oxygen atoms in total. The van der Waals surface area contributed by atoms with Crippen molar-refractivity contribution < 1.29 is 9.50 Å². The lowest BCUT2D eigenvalue weighted by Gasteiger charge is -2.11. The van der Waals surface area contributed by atoms with Crippen LogP contribution >= 0.6 is 11.8 Å². The molecule has 1 N–H and O–H groups in total. The monoisotopic (exact) mass is 226 g/mol. The number of aliphatic hydroxyl groups is 1. The zero-order valence-corrected chi connectivity index (χ0v) is 9.83. The Hall–Kier alpha value is -0.540. The Balaban J connectivity index is 2.29. The Morgan fingerprint density at radius 3 is 2.67 bits per heavy atom. The van der Waals surface area contributed by atoms with Gasteiger partial charge in [-0.2, -0.15) is 0 Å². The molecule has 1 aliphatic carbocycles. The highest BCUT2D eigenvalue weighted by Crippen LogP contribution is 2.39. The number of hydrogen-bond acceptors (Lipinski definition) is 2. The topological polar surface area (TPSA) is 20.2 Å². The van der Waals surface area contributed by atoms with Crippen LogP contribution in [0, 0.1) is 12.7 Å². The van der Waals surface area contributed by atoms with E-state index >= 15 is 0 Å². The lowest BCUT2D eigenvalue weighted by molar-refractivity contribution is 0.149. The van der Waals surface area contributed by atoms with E-state index in [1.165, 1.54) is 0 Å². The molecule has 1 aromatic rings. The van der Waals surface area contributed by atoms with Gasteiger partial charge >= 0.3 is 0 Å². The van der Waals surface area contributed by atoms with Crippen LogP contribution in [0.3, 0.4) is 0 Å². The summed E-state index contributed by atoms with van der Waals surface area (Å²) < 4.78 is 13.6. The first-order valence-corrected chi connectivity index (χ1v) is 6.32. The molecule has 1 aromatic carbocycles. The van der Waals surface area contributed by atoms with Crippen LogP contribution in [-0.2, 0) is 6.42 Å². The van der Waals surface area contributed by atoms with Crippen molar-refractivity contribution in [2.24, 2.45) is 0 Å². The van der Waals surface area contributed by atoms with Gasteiger partial charge in [-0.25, -0.2) is 4.39 Å². The first-order chi connectivity index (χ1) is 7.04. The molecule has 0 bridgehead atoms. The number of benzene rings is 1. The lowest BCUT2D eigenvalue weighted by atomic mass is 10.0. The number of rotatable bonds is 3. The highest BCUT2D eigenvalue weighted by atomic mass is 32.2. The minimum Gasteiger partial charge on any atom is -0.390 e. The van der Waals surface area contributed by atoms with E-state index in [-0.39, 0.29) is 5.82 Å². The Morgan fingerprint density at radius 1 is 1.47 bits per heavy atom. The summed E-state index contributed by atoms with van der Waals surface area (Å²) in [6.07, 6.45) is 4.03. The van der Waals surface area contributed by atoms with Crippen molar-refractivity contribution in [2.45, 2.75) is 36.7 Å². The van der Waals surface area contributed by atoms with Crippen LogP contribution in [0.15, 0.2) is 17.0 Å². The van der Waals surface area contributed by atoms with Gasteiger partial charge in [0.05, 0.1) is 5.60 Å². The standard InChI is InChI=1S/C12H15FOS/c1-8-5-10(13)9(6-11(8)15-2)7-12(14)3-4-12/h5-6,14H,3-4,7H2,1-2H3. The Bertz CT molecular complexity index is 385. The van der Waals surface area contributed by atoms with Gasteiger partial charge < -0.3 is 5.11 Å². The van der Waals surface area contributed by atoms with Crippen molar-refractivity contribution in [1.82, 2.24) is 0 Å². The van der Waals surface area contributed by atoms with Crippen LogP contribution in [0.1, 0.15) is 24.0 Å². The molecule has 0 heterocycles. The van der Waals surface area contributed by atoms with E-state index in [0.717, 1.165) is 23.3 Å². The second-order valence-corrected chi connectivity index (χ2v) is 5.16. The van der Waals surface area contributed by atoms with Gasteiger partial charge in [-0.15, -0.1) is 11.8 Å². The lowest BCUT2D eigenvalue weighted by Crippen LogP contribution is -2.12. The van der Waals surface area contributed by atoms with Crippen LogP contribution < -0.4 is 0 Å². The highest BCUT2D eigenvalue weighted by molar-refractivity contribution is 7.98. The molecule has 1 aliphatic rings. The SMILES string of the molecule is CSc1cc(CC2(O)CC2)c(F)cc1C. The van der Waals surface area contributed by atoms with Crippen molar-refractivity contribution >= 4 is 11.8 Å². The largest absolute Gasteiger partial charge is 0.390 e. The van der Waals surface area contributed by atoms with Gasteiger partial charge in [0.25, 0.3) is 0 Å². The third-order valence-corrected chi connectivity index (χ3v) is 3.79. The maximum Gasteiger partial charge on any atom is 0.126 e. The summed E-state index contributed by atoms with van der Waals surface area (Å²) in [6, 6.07) is 3.43. The first-order valence-electron chi connectivity index (χ1n) is 5.09. The number of aryl methyl sites for hydroxylation is 1. The van der Waals surface area contributed by atoms with Crippen molar-refractivity contribution in [1.29, 1.82) is 0 Å². The Morgan fingerprint density at radius 2 is 2.13 bits per heavy atom. The van der Waals surface area contributed by atoms with Crippen molar-refractivity contribution in [3.63, 3.8) is 0 Å². The summed E-state index contributed by atoms with van der Waals surface area (Å²) in [5, 5.41) is 9.77. The molecular formula is C12H15FOS. The highest BCUT2D eigenvalue weighted by Gasteiger charge is 2.40. The number of thioether (sulfide) groups is 1. The van der Waals surface area contributed by atoms with E-state index in [1.54, 1.807) is 17.8 Å². The number of hydrogen-bond donors (Lipinski definition) is 1. The van der Waals surface area contributed by atoms with Gasteiger partial charge in [-0.1, -0.05) is 0 Å². The van der Waals surface area contributed by atoms with Crippen molar-refractivity contribution in [2.75, 3.05) is 6.26 Å². The van der Waals surface area contributed by atoms with Gasteiger partial charge in [-0.05, 0) is 49.3 Å². The van der Waals surface area contributed by atoms with Crippen LogP contribution in [0.2, 0.25) is 0 Å². The van der Waals surface area contributed by atoms with E-state index in [4.69, 9.17) is 0 Å². The van der Waals surface area contributed by atoms with Gasteiger partial charge in [0.2, 0.25) is 0 Å². The molecule has 2 rings (SSSR count). The average Bonchev–Trinajstić information content (AvgIpc) is 2.89. The molecule has 0 radical (unpaired) electrons. The zero-order chi connectivity index (χ0) is 11.1. The average molecular weight is 226 g/mol. The molecule has 82 valence electrons. The second kappa shape index (κ2) is 3.80. The van der Waals surface area contributed by atoms with Gasteiger partial charge in [0.1, 0.15) is 5.82 Å². The summed E-state index contributed by atoms with van der Waals surface area (Å²) in [5.41, 5.74) is 0.989. The number of halogens is 1. The smallest absolute Gasteiger partial charge is 0.126 e. The van der Waals surface area contributed by atoms with Crippen molar-refractivity contribution in [3.05, 3.63) is 29.1 Å². The molecule has 1 saturated carbocycles. The molecule has 15 heavy (non-hydrogen) atoms. The van der Waals surface area contributed by atoms with E-state index in [0.29, 0.717) is 12.0 Å². The second-order valence-electron chi connectivity index (χ2n) is 4.31. The molecule has 3 heteroatoms. The third kappa shape index (κ3) is 2.34. The minimum atomic E-state index is -0.619. The molecule has 0 unspecified atom stereocenters. The molecule has 1 fully saturated rings. The normalized spacial score (nSPS) is 17.9. The minimum absolute atomic E-state index is 0.189.